The smallest absolute Gasteiger partial charge is 0.224 e. The minimum absolute atomic E-state index is 0.0487. The van der Waals surface area contributed by atoms with Crippen molar-refractivity contribution in [3.8, 4) is 11.5 Å². The van der Waals surface area contributed by atoms with E-state index in [9.17, 15) is 4.79 Å². The van der Waals surface area contributed by atoms with Crippen molar-refractivity contribution >= 4 is 16.8 Å². The highest BCUT2D eigenvalue weighted by Gasteiger charge is 2.07. The van der Waals surface area contributed by atoms with Gasteiger partial charge in [-0.2, -0.15) is 0 Å². The Morgan fingerprint density at radius 2 is 1.88 bits per heavy atom. The van der Waals surface area contributed by atoms with E-state index in [4.69, 9.17) is 9.47 Å². The van der Waals surface area contributed by atoms with Gasteiger partial charge in [-0.3, -0.25) is 9.78 Å². The monoisotopic (exact) mass is 336 g/mol. The molecule has 0 radical (unpaired) electrons. The molecular weight excluding hydrogens is 316 g/mol. The summed E-state index contributed by atoms with van der Waals surface area (Å²) in [5.41, 5.74) is 1.79. The minimum atomic E-state index is -0.0487. The van der Waals surface area contributed by atoms with E-state index in [-0.39, 0.29) is 5.91 Å². The zero-order chi connectivity index (χ0) is 17.5. The van der Waals surface area contributed by atoms with Crippen LogP contribution in [-0.4, -0.2) is 31.2 Å². The number of methoxy groups -OCH3 is 1. The van der Waals surface area contributed by atoms with Crippen molar-refractivity contribution < 1.29 is 14.3 Å². The average Bonchev–Trinajstić information content (AvgIpc) is 2.66. The third kappa shape index (κ3) is 4.47. The molecule has 5 heteroatoms. The number of pyridine rings is 1. The lowest BCUT2D eigenvalue weighted by Crippen LogP contribution is -2.29. The molecule has 0 aliphatic rings. The van der Waals surface area contributed by atoms with Crippen molar-refractivity contribution in [3.63, 3.8) is 0 Å². The first-order valence-corrected chi connectivity index (χ1v) is 8.12. The number of hydrogen-bond acceptors (Lipinski definition) is 4. The summed E-state index contributed by atoms with van der Waals surface area (Å²) >= 11 is 0. The Hall–Kier alpha value is -3.08. The van der Waals surface area contributed by atoms with Crippen molar-refractivity contribution in [1.29, 1.82) is 0 Å². The van der Waals surface area contributed by atoms with E-state index in [1.165, 1.54) is 0 Å². The Labute approximate surface area is 146 Å². The summed E-state index contributed by atoms with van der Waals surface area (Å²) in [6.45, 7) is 0.834. The summed E-state index contributed by atoms with van der Waals surface area (Å²) in [5, 5.41) is 3.91. The van der Waals surface area contributed by atoms with Crippen molar-refractivity contribution in [2.24, 2.45) is 0 Å². The van der Waals surface area contributed by atoms with Crippen molar-refractivity contribution in [2.45, 2.75) is 6.42 Å². The van der Waals surface area contributed by atoms with Crippen LogP contribution >= 0.6 is 0 Å². The molecule has 1 aromatic heterocycles. The number of carbonyl (C=O) groups is 1. The Bertz CT molecular complexity index is 859. The van der Waals surface area contributed by atoms with Crippen LogP contribution in [0.25, 0.3) is 10.9 Å². The fraction of sp³-hybridized carbons (Fsp3) is 0.200. The summed E-state index contributed by atoms with van der Waals surface area (Å²) in [5.74, 6) is 1.41. The van der Waals surface area contributed by atoms with Gasteiger partial charge in [0.05, 0.1) is 25.6 Å². The lowest BCUT2D eigenvalue weighted by Gasteiger charge is -2.09. The summed E-state index contributed by atoms with van der Waals surface area (Å²) in [6, 6.07) is 17.1. The van der Waals surface area contributed by atoms with Gasteiger partial charge in [0.1, 0.15) is 18.1 Å². The molecule has 1 amide bonds. The first kappa shape index (κ1) is 16.8. The number of ether oxygens (including phenoxy) is 2. The summed E-state index contributed by atoms with van der Waals surface area (Å²) in [7, 11) is 1.61. The molecule has 3 rings (SSSR count). The fourth-order valence-electron chi connectivity index (χ4n) is 2.60. The van der Waals surface area contributed by atoms with Gasteiger partial charge in [0.2, 0.25) is 5.91 Å². The molecule has 1 heterocycles. The van der Waals surface area contributed by atoms with Crippen molar-refractivity contribution in [1.82, 2.24) is 10.3 Å². The van der Waals surface area contributed by atoms with Gasteiger partial charge in [-0.15, -0.1) is 0 Å². The SMILES string of the molecule is COc1cccc(OCCNC(=O)Cc2cccc3cccnc23)c1. The standard InChI is InChI=1S/C20H20N2O3/c1-24-17-8-3-9-18(14-17)25-12-11-21-19(23)13-16-6-2-5-15-7-4-10-22-20(15)16/h2-10,14H,11-13H2,1H3,(H,21,23). The van der Waals surface area contributed by atoms with Crippen LogP contribution in [0.4, 0.5) is 0 Å². The normalized spacial score (nSPS) is 10.4. The number of nitrogens with zero attached hydrogens (tertiary/aromatic N) is 1. The lowest BCUT2D eigenvalue weighted by molar-refractivity contribution is -0.120. The Morgan fingerprint density at radius 1 is 1.08 bits per heavy atom. The minimum Gasteiger partial charge on any atom is -0.497 e. The van der Waals surface area contributed by atoms with Gasteiger partial charge in [0.25, 0.3) is 0 Å². The van der Waals surface area contributed by atoms with E-state index in [1.54, 1.807) is 13.3 Å². The van der Waals surface area contributed by atoms with E-state index in [0.29, 0.717) is 25.3 Å². The highest BCUT2D eigenvalue weighted by atomic mass is 16.5. The summed E-state index contributed by atoms with van der Waals surface area (Å²) < 4.78 is 10.8. The van der Waals surface area contributed by atoms with Gasteiger partial charge in [0, 0.05) is 17.6 Å². The van der Waals surface area contributed by atoms with Crippen LogP contribution in [0.15, 0.2) is 60.8 Å². The largest absolute Gasteiger partial charge is 0.497 e. The maximum absolute atomic E-state index is 12.2. The van der Waals surface area contributed by atoms with Crippen LogP contribution < -0.4 is 14.8 Å². The van der Waals surface area contributed by atoms with E-state index < -0.39 is 0 Å². The number of carbonyl (C=O) groups excluding carboxylic acids is 1. The quantitative estimate of drug-likeness (QED) is 0.674. The van der Waals surface area contributed by atoms with Crippen LogP contribution in [0.3, 0.4) is 0 Å². The van der Waals surface area contributed by atoms with E-state index in [2.05, 4.69) is 10.3 Å². The topological polar surface area (TPSA) is 60.5 Å². The van der Waals surface area contributed by atoms with Gasteiger partial charge < -0.3 is 14.8 Å². The molecular formula is C20H20N2O3. The maximum Gasteiger partial charge on any atom is 0.224 e. The number of amides is 1. The highest BCUT2D eigenvalue weighted by Crippen LogP contribution is 2.18. The molecule has 25 heavy (non-hydrogen) atoms. The fourth-order valence-corrected chi connectivity index (χ4v) is 2.60. The molecule has 5 nitrogen and oxygen atoms in total. The Balaban J connectivity index is 1.49. The van der Waals surface area contributed by atoms with E-state index in [1.807, 2.05) is 54.6 Å². The molecule has 0 fully saturated rings. The number of fused-ring (bicyclic) bond motifs is 1. The molecule has 0 atom stereocenters. The molecule has 2 aromatic carbocycles. The maximum atomic E-state index is 12.2. The van der Waals surface area contributed by atoms with Crippen LogP contribution in [0, 0.1) is 0 Å². The Morgan fingerprint density at radius 3 is 2.76 bits per heavy atom. The molecule has 3 aromatic rings. The van der Waals surface area contributed by atoms with Crippen LogP contribution in [0.2, 0.25) is 0 Å². The third-order valence-electron chi connectivity index (χ3n) is 3.80. The number of para-hydroxylation sites is 1. The third-order valence-corrected chi connectivity index (χ3v) is 3.80. The number of benzene rings is 2. The molecule has 0 aliphatic heterocycles. The molecule has 0 spiro atoms. The second-order valence-corrected chi connectivity index (χ2v) is 5.55. The molecule has 0 aliphatic carbocycles. The van der Waals surface area contributed by atoms with Crippen molar-refractivity contribution in [2.75, 3.05) is 20.3 Å². The zero-order valence-corrected chi connectivity index (χ0v) is 14.1. The molecule has 128 valence electrons. The predicted molar refractivity (Wildman–Crippen MR) is 96.9 cm³/mol. The lowest BCUT2D eigenvalue weighted by atomic mass is 10.1. The predicted octanol–water partition coefficient (Wildman–Crippen LogP) is 2.98. The zero-order valence-electron chi connectivity index (χ0n) is 14.1. The van der Waals surface area contributed by atoms with Gasteiger partial charge in [-0.25, -0.2) is 0 Å². The van der Waals surface area contributed by atoms with Gasteiger partial charge in [-0.1, -0.05) is 30.3 Å². The van der Waals surface area contributed by atoms with Gasteiger partial charge in [0.15, 0.2) is 0 Å². The first-order chi connectivity index (χ1) is 12.3. The van der Waals surface area contributed by atoms with Gasteiger partial charge >= 0.3 is 0 Å². The van der Waals surface area contributed by atoms with Crippen LogP contribution in [-0.2, 0) is 11.2 Å². The number of nitrogens with one attached hydrogen (secondary N) is 1. The first-order valence-electron chi connectivity index (χ1n) is 8.12. The number of aromatic nitrogens is 1. The average molecular weight is 336 g/mol. The van der Waals surface area contributed by atoms with Crippen LogP contribution in [0.1, 0.15) is 5.56 Å². The molecule has 0 bridgehead atoms. The molecule has 0 unspecified atom stereocenters. The molecule has 0 saturated carbocycles. The second kappa shape index (κ2) is 8.15. The second-order valence-electron chi connectivity index (χ2n) is 5.55. The number of rotatable bonds is 7. The van der Waals surface area contributed by atoms with Crippen molar-refractivity contribution in [3.05, 3.63) is 66.4 Å². The Kier molecular flexibility index (Phi) is 5.46. The molecule has 0 saturated heterocycles. The number of hydrogen-bond donors (Lipinski definition) is 1. The summed E-state index contributed by atoms with van der Waals surface area (Å²) in [6.07, 6.45) is 2.04. The summed E-state index contributed by atoms with van der Waals surface area (Å²) in [4.78, 5) is 16.5. The van der Waals surface area contributed by atoms with E-state index in [0.717, 1.165) is 22.2 Å². The molecule has 1 N–H and O–H groups in total. The van der Waals surface area contributed by atoms with Gasteiger partial charge in [-0.05, 0) is 23.8 Å². The van der Waals surface area contributed by atoms with Crippen LogP contribution in [0.5, 0.6) is 11.5 Å². The van der Waals surface area contributed by atoms with E-state index >= 15 is 0 Å². The highest BCUT2D eigenvalue weighted by molar-refractivity contribution is 5.87.